The van der Waals surface area contributed by atoms with Gasteiger partial charge in [-0.1, -0.05) is 11.6 Å². The number of hydrogen-bond donors (Lipinski definition) is 0. The number of amides is 1. The molecule has 0 saturated carbocycles. The van der Waals surface area contributed by atoms with E-state index >= 15 is 0 Å². The quantitative estimate of drug-likeness (QED) is 0.837. The number of pyridine rings is 1. The highest BCUT2D eigenvalue weighted by atomic mass is 35.5. The molecule has 1 aromatic heterocycles. The molecule has 2 atom stereocenters. The fourth-order valence-corrected chi connectivity index (χ4v) is 2.77. The molecule has 4 nitrogen and oxygen atoms in total. The first-order chi connectivity index (χ1) is 9.02. The van der Waals surface area contributed by atoms with Crippen LogP contribution in [0.5, 0.6) is 0 Å². The van der Waals surface area contributed by atoms with Crippen molar-refractivity contribution in [3.8, 4) is 0 Å². The summed E-state index contributed by atoms with van der Waals surface area (Å²) >= 11 is 6.14. The zero-order chi connectivity index (χ0) is 14.0. The Bertz CT molecular complexity index is 479. The van der Waals surface area contributed by atoms with Crippen molar-refractivity contribution < 1.29 is 9.53 Å². The Labute approximate surface area is 118 Å². The van der Waals surface area contributed by atoms with Crippen molar-refractivity contribution in [2.75, 3.05) is 13.7 Å². The van der Waals surface area contributed by atoms with Crippen LogP contribution >= 0.6 is 11.6 Å². The van der Waals surface area contributed by atoms with E-state index < -0.39 is 0 Å². The van der Waals surface area contributed by atoms with Gasteiger partial charge in [-0.25, -0.2) is 0 Å². The zero-order valence-electron chi connectivity index (χ0n) is 11.5. The average Bonchev–Trinajstić information content (AvgIpc) is 2.37. The first kappa shape index (κ1) is 14.3. The number of halogens is 1. The van der Waals surface area contributed by atoms with Gasteiger partial charge in [-0.15, -0.1) is 0 Å². The van der Waals surface area contributed by atoms with Crippen LogP contribution in [0, 0.1) is 6.92 Å². The van der Waals surface area contributed by atoms with E-state index in [2.05, 4.69) is 4.98 Å². The normalized spacial score (nSPS) is 23.5. The van der Waals surface area contributed by atoms with Crippen LogP contribution in [0.15, 0.2) is 12.3 Å². The predicted octanol–water partition coefficient (Wildman–Crippen LogP) is 2.68. The molecule has 1 fully saturated rings. The molecule has 2 rings (SSSR count). The minimum atomic E-state index is -0.0421. The summed E-state index contributed by atoms with van der Waals surface area (Å²) in [5, 5.41) is 0.471. The molecule has 2 heterocycles. The molecule has 1 saturated heterocycles. The van der Waals surface area contributed by atoms with Crippen LogP contribution in [0.2, 0.25) is 5.02 Å². The van der Waals surface area contributed by atoms with E-state index in [1.807, 2.05) is 18.7 Å². The van der Waals surface area contributed by atoms with Crippen LogP contribution in [0.4, 0.5) is 0 Å². The number of likely N-dealkylation sites (tertiary alicyclic amines) is 1. The first-order valence-corrected chi connectivity index (χ1v) is 6.86. The third-order valence-corrected chi connectivity index (χ3v) is 3.96. The lowest BCUT2D eigenvalue weighted by Crippen LogP contribution is -2.46. The van der Waals surface area contributed by atoms with Gasteiger partial charge >= 0.3 is 0 Å². The maximum atomic E-state index is 12.5. The van der Waals surface area contributed by atoms with Gasteiger partial charge in [0.1, 0.15) is 0 Å². The molecule has 1 aliphatic rings. The van der Waals surface area contributed by atoms with E-state index in [-0.39, 0.29) is 18.1 Å². The standard InChI is InChI=1S/C14H19ClN2O2/c1-9-6-13(15)12(8-16-9)14(18)17-5-4-11(19-3)7-10(17)2/h6,8,10-11H,4-5,7H2,1-3H3. The third-order valence-electron chi connectivity index (χ3n) is 3.64. The van der Waals surface area contributed by atoms with Crippen LogP contribution in [-0.4, -0.2) is 41.6 Å². The van der Waals surface area contributed by atoms with Crippen molar-refractivity contribution in [2.24, 2.45) is 0 Å². The molecule has 0 bridgehead atoms. The van der Waals surface area contributed by atoms with Crippen molar-refractivity contribution in [1.82, 2.24) is 9.88 Å². The highest BCUT2D eigenvalue weighted by Gasteiger charge is 2.30. The molecular formula is C14H19ClN2O2. The summed E-state index contributed by atoms with van der Waals surface area (Å²) in [5.41, 5.74) is 1.29. The van der Waals surface area contributed by atoms with E-state index in [9.17, 15) is 4.79 Å². The van der Waals surface area contributed by atoms with Gasteiger partial charge in [0, 0.05) is 31.6 Å². The van der Waals surface area contributed by atoms with Crippen LogP contribution in [-0.2, 0) is 4.74 Å². The van der Waals surface area contributed by atoms with Gasteiger partial charge in [0.25, 0.3) is 5.91 Å². The van der Waals surface area contributed by atoms with Crippen LogP contribution in [0.3, 0.4) is 0 Å². The van der Waals surface area contributed by atoms with E-state index in [4.69, 9.17) is 16.3 Å². The average molecular weight is 283 g/mol. The highest BCUT2D eigenvalue weighted by Crippen LogP contribution is 2.24. The molecule has 2 unspecified atom stereocenters. The number of carbonyl (C=O) groups excluding carboxylic acids is 1. The SMILES string of the molecule is COC1CCN(C(=O)c2cnc(C)cc2Cl)C(C)C1. The highest BCUT2D eigenvalue weighted by molar-refractivity contribution is 6.33. The molecule has 5 heteroatoms. The summed E-state index contributed by atoms with van der Waals surface area (Å²) in [7, 11) is 1.72. The van der Waals surface area contributed by atoms with Crippen molar-refractivity contribution in [3.63, 3.8) is 0 Å². The predicted molar refractivity (Wildman–Crippen MR) is 74.5 cm³/mol. The number of carbonyl (C=O) groups is 1. The van der Waals surface area contributed by atoms with E-state index in [0.717, 1.165) is 18.5 Å². The molecule has 0 aromatic carbocycles. The lowest BCUT2D eigenvalue weighted by Gasteiger charge is -2.37. The summed E-state index contributed by atoms with van der Waals surface area (Å²) in [6, 6.07) is 1.88. The number of methoxy groups -OCH3 is 1. The van der Waals surface area contributed by atoms with Gasteiger partial charge in [0.15, 0.2) is 0 Å². The number of ether oxygens (including phenoxy) is 1. The van der Waals surface area contributed by atoms with Crippen LogP contribution in [0.25, 0.3) is 0 Å². The van der Waals surface area contributed by atoms with Crippen LogP contribution in [0.1, 0.15) is 35.8 Å². The van der Waals surface area contributed by atoms with E-state index in [1.54, 1.807) is 19.4 Å². The summed E-state index contributed by atoms with van der Waals surface area (Å²) in [6.45, 7) is 4.59. The second kappa shape index (κ2) is 5.88. The topological polar surface area (TPSA) is 42.4 Å². The fraction of sp³-hybridized carbons (Fsp3) is 0.571. The molecule has 0 radical (unpaired) electrons. The van der Waals surface area contributed by atoms with Gasteiger partial charge in [-0.05, 0) is 32.8 Å². The zero-order valence-corrected chi connectivity index (χ0v) is 12.3. The Balaban J connectivity index is 2.16. The molecule has 1 aliphatic heterocycles. The fourth-order valence-electron chi connectivity index (χ4n) is 2.48. The number of aromatic nitrogens is 1. The Morgan fingerprint density at radius 2 is 2.32 bits per heavy atom. The molecular weight excluding hydrogens is 264 g/mol. The van der Waals surface area contributed by atoms with E-state index in [1.165, 1.54) is 0 Å². The smallest absolute Gasteiger partial charge is 0.257 e. The number of rotatable bonds is 2. The summed E-state index contributed by atoms with van der Waals surface area (Å²) in [4.78, 5) is 18.5. The lowest BCUT2D eigenvalue weighted by molar-refractivity contribution is 0.0160. The van der Waals surface area contributed by atoms with Crippen molar-refractivity contribution >= 4 is 17.5 Å². The molecule has 0 aliphatic carbocycles. The minimum absolute atomic E-state index is 0.0421. The van der Waals surface area contributed by atoms with Crippen LogP contribution < -0.4 is 0 Å². The van der Waals surface area contributed by atoms with Gasteiger partial charge in [-0.2, -0.15) is 0 Å². The van der Waals surface area contributed by atoms with Crippen molar-refractivity contribution in [1.29, 1.82) is 0 Å². The van der Waals surface area contributed by atoms with E-state index in [0.29, 0.717) is 17.1 Å². The summed E-state index contributed by atoms with van der Waals surface area (Å²) < 4.78 is 5.36. The molecule has 1 amide bonds. The Morgan fingerprint density at radius 1 is 1.58 bits per heavy atom. The van der Waals surface area contributed by atoms with Gasteiger partial charge in [0.2, 0.25) is 0 Å². The minimum Gasteiger partial charge on any atom is -0.381 e. The van der Waals surface area contributed by atoms with Crippen molar-refractivity contribution in [3.05, 3.63) is 28.5 Å². The molecule has 104 valence electrons. The Kier molecular flexibility index (Phi) is 4.42. The lowest BCUT2D eigenvalue weighted by atomic mass is 9.99. The summed E-state index contributed by atoms with van der Waals surface area (Å²) in [6.07, 6.45) is 3.53. The first-order valence-electron chi connectivity index (χ1n) is 6.49. The second-order valence-electron chi connectivity index (χ2n) is 5.04. The number of aryl methyl sites for hydroxylation is 1. The van der Waals surface area contributed by atoms with Gasteiger partial charge in [0.05, 0.1) is 16.7 Å². The Morgan fingerprint density at radius 3 is 2.89 bits per heavy atom. The number of hydrogen-bond acceptors (Lipinski definition) is 3. The second-order valence-corrected chi connectivity index (χ2v) is 5.44. The monoisotopic (exact) mass is 282 g/mol. The van der Waals surface area contributed by atoms with Crippen molar-refractivity contribution in [2.45, 2.75) is 38.8 Å². The number of nitrogens with zero attached hydrogens (tertiary/aromatic N) is 2. The number of piperidine rings is 1. The van der Waals surface area contributed by atoms with Gasteiger partial charge in [-0.3, -0.25) is 9.78 Å². The third kappa shape index (κ3) is 3.07. The van der Waals surface area contributed by atoms with Gasteiger partial charge < -0.3 is 9.64 Å². The maximum Gasteiger partial charge on any atom is 0.257 e. The molecule has 1 aromatic rings. The Hall–Kier alpha value is -1.13. The maximum absolute atomic E-state index is 12.5. The summed E-state index contributed by atoms with van der Waals surface area (Å²) in [5.74, 6) is -0.0421. The largest absolute Gasteiger partial charge is 0.381 e. The molecule has 0 N–H and O–H groups in total. The molecule has 0 spiro atoms. The molecule has 19 heavy (non-hydrogen) atoms.